The third-order valence-electron chi connectivity index (χ3n) is 3.71. The van der Waals surface area contributed by atoms with Crippen molar-refractivity contribution in [2.24, 2.45) is 0 Å². The smallest absolute Gasteiger partial charge is 0.110 e. The molecular formula is C15H19NO2. The molecule has 0 fully saturated rings. The third-order valence-corrected chi connectivity index (χ3v) is 3.71. The lowest BCUT2D eigenvalue weighted by Crippen LogP contribution is -2.34. The van der Waals surface area contributed by atoms with Crippen molar-refractivity contribution in [1.82, 2.24) is 4.98 Å². The van der Waals surface area contributed by atoms with Gasteiger partial charge in [-0.05, 0) is 19.4 Å². The second kappa shape index (κ2) is 5.04. The summed E-state index contributed by atoms with van der Waals surface area (Å²) in [5.74, 6) is 0. The lowest BCUT2D eigenvalue weighted by molar-refractivity contribution is -0.0939. The first kappa shape index (κ1) is 13.0. The van der Waals surface area contributed by atoms with Crippen LogP contribution in [0.1, 0.15) is 31.9 Å². The molecule has 3 heteroatoms. The number of hydrogen-bond donors (Lipinski definition) is 1. The number of nitrogens with zero attached hydrogens (tertiary/aromatic N) is 1. The molecule has 2 rings (SSSR count). The van der Waals surface area contributed by atoms with Gasteiger partial charge in [0.1, 0.15) is 6.10 Å². The van der Waals surface area contributed by atoms with Crippen LogP contribution in [-0.4, -0.2) is 22.8 Å². The first-order chi connectivity index (χ1) is 8.62. The minimum atomic E-state index is -0.689. The number of pyridine rings is 1. The molecule has 1 aromatic carbocycles. The van der Waals surface area contributed by atoms with Crippen molar-refractivity contribution in [3.8, 4) is 0 Å². The van der Waals surface area contributed by atoms with Crippen molar-refractivity contribution in [1.29, 1.82) is 0 Å². The molecule has 1 heterocycles. The molecule has 2 unspecified atom stereocenters. The van der Waals surface area contributed by atoms with Crippen LogP contribution >= 0.6 is 0 Å². The zero-order valence-electron chi connectivity index (χ0n) is 11.1. The Labute approximate surface area is 107 Å². The summed E-state index contributed by atoms with van der Waals surface area (Å²) in [5.41, 5.74) is 1.06. The number of fused-ring (bicyclic) bond motifs is 1. The van der Waals surface area contributed by atoms with Gasteiger partial charge in [0, 0.05) is 24.3 Å². The van der Waals surface area contributed by atoms with Crippen LogP contribution in [0.4, 0.5) is 0 Å². The van der Waals surface area contributed by atoms with Crippen molar-refractivity contribution >= 4 is 10.9 Å². The average molecular weight is 245 g/mol. The van der Waals surface area contributed by atoms with Gasteiger partial charge in [0.2, 0.25) is 0 Å². The molecule has 18 heavy (non-hydrogen) atoms. The molecule has 3 nitrogen and oxygen atoms in total. The topological polar surface area (TPSA) is 42.4 Å². The molecule has 96 valence electrons. The van der Waals surface area contributed by atoms with Crippen molar-refractivity contribution in [3.05, 3.63) is 42.1 Å². The minimum absolute atomic E-state index is 0.591. The second-order valence-electron chi connectivity index (χ2n) is 4.70. The van der Waals surface area contributed by atoms with E-state index in [1.165, 1.54) is 0 Å². The van der Waals surface area contributed by atoms with Gasteiger partial charge < -0.3 is 9.84 Å². The molecule has 0 aliphatic carbocycles. The highest BCUT2D eigenvalue weighted by Crippen LogP contribution is 2.34. The lowest BCUT2D eigenvalue weighted by atomic mass is 9.89. The van der Waals surface area contributed by atoms with E-state index in [4.69, 9.17) is 4.74 Å². The monoisotopic (exact) mass is 245 g/mol. The summed E-state index contributed by atoms with van der Waals surface area (Å²) >= 11 is 0. The molecule has 0 aliphatic heterocycles. The fraction of sp³-hybridized carbons (Fsp3) is 0.400. The van der Waals surface area contributed by atoms with Gasteiger partial charge in [-0.15, -0.1) is 0 Å². The largest absolute Gasteiger partial charge is 0.385 e. The molecule has 1 N–H and O–H groups in total. The standard InChI is InChI=1S/C15H19NO2/c1-4-15(2,18-3)14(17)12-9-5-7-11-8-6-10-16-13(11)12/h5-10,14,17H,4H2,1-3H3. The van der Waals surface area contributed by atoms with Crippen LogP contribution in [0.25, 0.3) is 10.9 Å². The molecular weight excluding hydrogens is 226 g/mol. The number of aliphatic hydroxyl groups excluding tert-OH is 1. The number of para-hydroxylation sites is 1. The zero-order chi connectivity index (χ0) is 13.2. The summed E-state index contributed by atoms with van der Waals surface area (Å²) in [7, 11) is 1.63. The van der Waals surface area contributed by atoms with Crippen LogP contribution in [0, 0.1) is 0 Å². The lowest BCUT2D eigenvalue weighted by Gasteiger charge is -2.32. The van der Waals surface area contributed by atoms with Gasteiger partial charge in [-0.3, -0.25) is 4.98 Å². The first-order valence-electron chi connectivity index (χ1n) is 6.19. The van der Waals surface area contributed by atoms with E-state index in [1.54, 1.807) is 13.3 Å². The SMILES string of the molecule is CCC(C)(OC)C(O)c1cccc2cccnc12. The van der Waals surface area contributed by atoms with Crippen LogP contribution in [-0.2, 0) is 4.74 Å². The van der Waals surface area contributed by atoms with Crippen LogP contribution in [0.5, 0.6) is 0 Å². The Bertz CT molecular complexity index is 530. The van der Waals surface area contributed by atoms with Crippen molar-refractivity contribution in [2.75, 3.05) is 7.11 Å². The highest BCUT2D eigenvalue weighted by atomic mass is 16.5. The Hall–Kier alpha value is -1.45. The normalized spacial score (nSPS) is 16.4. The van der Waals surface area contributed by atoms with Crippen LogP contribution in [0.15, 0.2) is 36.5 Å². The maximum atomic E-state index is 10.6. The fourth-order valence-electron chi connectivity index (χ4n) is 2.13. The summed E-state index contributed by atoms with van der Waals surface area (Å²) in [4.78, 5) is 4.37. The highest BCUT2D eigenvalue weighted by Gasteiger charge is 2.33. The van der Waals surface area contributed by atoms with E-state index in [0.29, 0.717) is 0 Å². The maximum Gasteiger partial charge on any atom is 0.110 e. The Morgan fingerprint density at radius 2 is 2.06 bits per heavy atom. The molecule has 2 atom stereocenters. The predicted molar refractivity (Wildman–Crippen MR) is 72.4 cm³/mol. The van der Waals surface area contributed by atoms with Crippen LogP contribution in [0.2, 0.25) is 0 Å². The number of ether oxygens (including phenoxy) is 1. The first-order valence-corrected chi connectivity index (χ1v) is 6.19. The average Bonchev–Trinajstić information content (AvgIpc) is 2.45. The van der Waals surface area contributed by atoms with Gasteiger partial charge in [-0.2, -0.15) is 0 Å². The Balaban J connectivity index is 2.54. The highest BCUT2D eigenvalue weighted by molar-refractivity contribution is 5.82. The van der Waals surface area contributed by atoms with Crippen molar-refractivity contribution in [3.63, 3.8) is 0 Å². The van der Waals surface area contributed by atoms with E-state index in [2.05, 4.69) is 4.98 Å². The molecule has 0 spiro atoms. The van der Waals surface area contributed by atoms with Gasteiger partial charge in [0.05, 0.1) is 11.1 Å². The minimum Gasteiger partial charge on any atom is -0.385 e. The van der Waals surface area contributed by atoms with Gasteiger partial charge in [-0.1, -0.05) is 31.2 Å². The van der Waals surface area contributed by atoms with E-state index in [0.717, 1.165) is 22.9 Å². The zero-order valence-corrected chi connectivity index (χ0v) is 11.1. The predicted octanol–water partition coefficient (Wildman–Crippen LogP) is 3.08. The number of benzene rings is 1. The second-order valence-corrected chi connectivity index (χ2v) is 4.70. The van der Waals surface area contributed by atoms with Gasteiger partial charge in [0.15, 0.2) is 0 Å². The summed E-state index contributed by atoms with van der Waals surface area (Å²) in [5, 5.41) is 11.6. The fourth-order valence-corrected chi connectivity index (χ4v) is 2.13. The number of hydrogen-bond acceptors (Lipinski definition) is 3. The molecule has 0 saturated carbocycles. The van der Waals surface area contributed by atoms with Crippen molar-refractivity contribution < 1.29 is 9.84 Å². The number of aliphatic hydroxyl groups is 1. The van der Waals surface area contributed by atoms with Crippen LogP contribution < -0.4 is 0 Å². The Morgan fingerprint density at radius 1 is 1.33 bits per heavy atom. The summed E-state index contributed by atoms with van der Waals surface area (Å²) in [6.45, 7) is 3.92. The maximum absolute atomic E-state index is 10.6. The molecule has 0 bridgehead atoms. The number of rotatable bonds is 4. The van der Waals surface area contributed by atoms with E-state index in [9.17, 15) is 5.11 Å². The molecule has 0 amide bonds. The summed E-state index contributed by atoms with van der Waals surface area (Å²) in [6, 6.07) is 9.73. The van der Waals surface area contributed by atoms with Gasteiger partial charge >= 0.3 is 0 Å². The third kappa shape index (κ3) is 2.11. The molecule has 2 aromatic rings. The Kier molecular flexibility index (Phi) is 3.64. The molecule has 0 saturated heterocycles. The molecule has 1 aromatic heterocycles. The summed E-state index contributed by atoms with van der Waals surface area (Å²) < 4.78 is 5.47. The summed E-state index contributed by atoms with van der Waals surface area (Å²) in [6.07, 6.45) is 1.79. The Morgan fingerprint density at radius 3 is 2.72 bits per heavy atom. The van der Waals surface area contributed by atoms with E-state index in [1.807, 2.05) is 44.2 Å². The molecule has 0 aliphatic rings. The molecule has 0 radical (unpaired) electrons. The van der Waals surface area contributed by atoms with E-state index < -0.39 is 11.7 Å². The van der Waals surface area contributed by atoms with E-state index in [-0.39, 0.29) is 0 Å². The van der Waals surface area contributed by atoms with E-state index >= 15 is 0 Å². The van der Waals surface area contributed by atoms with Gasteiger partial charge in [-0.25, -0.2) is 0 Å². The quantitative estimate of drug-likeness (QED) is 0.900. The van der Waals surface area contributed by atoms with Crippen molar-refractivity contribution in [2.45, 2.75) is 32.0 Å². The number of aromatic nitrogens is 1. The van der Waals surface area contributed by atoms with Gasteiger partial charge in [0.25, 0.3) is 0 Å². The van der Waals surface area contributed by atoms with Crippen LogP contribution in [0.3, 0.4) is 0 Å². The number of methoxy groups -OCH3 is 1.